The van der Waals surface area contributed by atoms with Crippen LogP contribution >= 0.6 is 0 Å². The van der Waals surface area contributed by atoms with E-state index in [2.05, 4.69) is 25.9 Å². The molecule has 140 valence electrons. The molecule has 1 aromatic carbocycles. The highest BCUT2D eigenvalue weighted by molar-refractivity contribution is 5.99. The smallest absolute Gasteiger partial charge is 0.251 e. The van der Waals surface area contributed by atoms with Crippen LogP contribution in [0.1, 0.15) is 23.2 Å². The summed E-state index contributed by atoms with van der Waals surface area (Å²) in [5.41, 5.74) is 1.59. The van der Waals surface area contributed by atoms with Gasteiger partial charge in [0.25, 0.3) is 5.91 Å². The maximum atomic E-state index is 12.2. The molecule has 9 nitrogen and oxygen atoms in total. The molecular formula is C18H19N5O4. The minimum atomic E-state index is -0.765. The van der Waals surface area contributed by atoms with E-state index < -0.39 is 17.9 Å². The van der Waals surface area contributed by atoms with Crippen LogP contribution in [0.3, 0.4) is 0 Å². The number of nitrogens with one attached hydrogen (secondary N) is 3. The van der Waals surface area contributed by atoms with Crippen molar-refractivity contribution in [2.24, 2.45) is 5.92 Å². The lowest BCUT2D eigenvalue weighted by molar-refractivity contribution is -0.125. The SMILES string of the molecule is O=CC(CC1CCNC1=O)NC(=O)CNC(=O)c1ccc2nccnc2c1. The second-order valence-electron chi connectivity index (χ2n) is 6.26. The number of rotatable bonds is 7. The minimum Gasteiger partial charge on any atom is -0.356 e. The molecule has 1 saturated heterocycles. The zero-order chi connectivity index (χ0) is 19.2. The lowest BCUT2D eigenvalue weighted by Gasteiger charge is -2.15. The van der Waals surface area contributed by atoms with E-state index in [9.17, 15) is 19.2 Å². The third-order valence-corrected chi connectivity index (χ3v) is 4.35. The third-order valence-electron chi connectivity index (χ3n) is 4.35. The first kappa shape index (κ1) is 18.4. The molecule has 0 saturated carbocycles. The van der Waals surface area contributed by atoms with Crippen LogP contribution < -0.4 is 16.0 Å². The summed E-state index contributed by atoms with van der Waals surface area (Å²) in [5, 5.41) is 7.72. The van der Waals surface area contributed by atoms with Gasteiger partial charge in [-0.25, -0.2) is 0 Å². The predicted octanol–water partition coefficient (Wildman–Crippen LogP) is -0.430. The second kappa shape index (κ2) is 8.35. The molecule has 0 spiro atoms. The molecule has 1 aliphatic rings. The number of nitrogens with zero attached hydrogens (tertiary/aromatic N) is 2. The average Bonchev–Trinajstić information content (AvgIpc) is 3.09. The van der Waals surface area contributed by atoms with Crippen molar-refractivity contribution in [1.82, 2.24) is 25.9 Å². The summed E-state index contributed by atoms with van der Waals surface area (Å²) in [7, 11) is 0. The maximum absolute atomic E-state index is 12.2. The van der Waals surface area contributed by atoms with Crippen molar-refractivity contribution in [1.29, 1.82) is 0 Å². The minimum absolute atomic E-state index is 0.108. The summed E-state index contributed by atoms with van der Waals surface area (Å²) in [4.78, 5) is 55.2. The summed E-state index contributed by atoms with van der Waals surface area (Å²) in [6.07, 6.45) is 4.58. The van der Waals surface area contributed by atoms with Crippen LogP contribution in [0.2, 0.25) is 0 Å². The zero-order valence-corrected chi connectivity index (χ0v) is 14.5. The number of aromatic nitrogens is 2. The van der Waals surface area contributed by atoms with Gasteiger partial charge in [0, 0.05) is 30.4 Å². The Morgan fingerprint density at radius 3 is 2.74 bits per heavy atom. The van der Waals surface area contributed by atoms with Gasteiger partial charge in [0.05, 0.1) is 23.6 Å². The molecule has 1 aliphatic heterocycles. The van der Waals surface area contributed by atoms with Crippen LogP contribution in [0.25, 0.3) is 11.0 Å². The molecule has 27 heavy (non-hydrogen) atoms. The van der Waals surface area contributed by atoms with E-state index in [0.29, 0.717) is 35.8 Å². The zero-order valence-electron chi connectivity index (χ0n) is 14.5. The molecule has 3 N–H and O–H groups in total. The van der Waals surface area contributed by atoms with E-state index in [0.717, 1.165) is 0 Å². The van der Waals surface area contributed by atoms with E-state index in [4.69, 9.17) is 0 Å². The Labute approximate surface area is 154 Å². The summed E-state index contributed by atoms with van der Waals surface area (Å²) in [5.74, 6) is -1.33. The number of hydrogen-bond donors (Lipinski definition) is 3. The van der Waals surface area contributed by atoms with Gasteiger partial charge < -0.3 is 20.7 Å². The Kier molecular flexibility index (Phi) is 5.70. The van der Waals surface area contributed by atoms with Crippen molar-refractivity contribution in [3.63, 3.8) is 0 Å². The molecule has 2 aromatic rings. The Bertz CT molecular complexity index is 885. The monoisotopic (exact) mass is 369 g/mol. The lowest BCUT2D eigenvalue weighted by atomic mass is 9.99. The Morgan fingerprint density at radius 1 is 1.26 bits per heavy atom. The second-order valence-corrected chi connectivity index (χ2v) is 6.26. The molecule has 2 atom stereocenters. The highest BCUT2D eigenvalue weighted by Crippen LogP contribution is 2.15. The number of benzene rings is 1. The van der Waals surface area contributed by atoms with E-state index in [1.807, 2.05) is 0 Å². The van der Waals surface area contributed by atoms with Gasteiger partial charge in [-0.05, 0) is 31.0 Å². The van der Waals surface area contributed by atoms with E-state index in [-0.39, 0.29) is 24.8 Å². The van der Waals surface area contributed by atoms with E-state index in [1.165, 1.54) is 6.20 Å². The van der Waals surface area contributed by atoms with Crippen molar-refractivity contribution in [3.8, 4) is 0 Å². The van der Waals surface area contributed by atoms with Gasteiger partial charge in [0.2, 0.25) is 11.8 Å². The van der Waals surface area contributed by atoms with Gasteiger partial charge >= 0.3 is 0 Å². The average molecular weight is 369 g/mol. The molecule has 3 amide bonds. The molecule has 3 rings (SSSR count). The van der Waals surface area contributed by atoms with Crippen molar-refractivity contribution in [2.75, 3.05) is 13.1 Å². The summed E-state index contributed by atoms with van der Waals surface area (Å²) in [6, 6.07) is 4.09. The summed E-state index contributed by atoms with van der Waals surface area (Å²) >= 11 is 0. The molecule has 2 heterocycles. The van der Waals surface area contributed by atoms with Crippen LogP contribution in [0.15, 0.2) is 30.6 Å². The largest absolute Gasteiger partial charge is 0.356 e. The summed E-state index contributed by atoms with van der Waals surface area (Å²) in [6.45, 7) is 0.299. The first-order chi connectivity index (χ1) is 13.1. The van der Waals surface area contributed by atoms with E-state index in [1.54, 1.807) is 24.4 Å². The predicted molar refractivity (Wildman–Crippen MR) is 95.6 cm³/mol. The molecule has 2 unspecified atom stereocenters. The molecule has 1 aromatic heterocycles. The van der Waals surface area contributed by atoms with Crippen molar-refractivity contribution >= 4 is 35.0 Å². The fourth-order valence-corrected chi connectivity index (χ4v) is 2.95. The van der Waals surface area contributed by atoms with Crippen molar-refractivity contribution in [2.45, 2.75) is 18.9 Å². The Balaban J connectivity index is 1.51. The number of amides is 3. The third kappa shape index (κ3) is 4.63. The van der Waals surface area contributed by atoms with Gasteiger partial charge in [-0.15, -0.1) is 0 Å². The Morgan fingerprint density at radius 2 is 2.04 bits per heavy atom. The van der Waals surface area contributed by atoms with Gasteiger partial charge in [0.15, 0.2) is 0 Å². The van der Waals surface area contributed by atoms with Gasteiger partial charge in [-0.3, -0.25) is 24.4 Å². The number of carbonyl (C=O) groups excluding carboxylic acids is 4. The highest BCUT2D eigenvalue weighted by Gasteiger charge is 2.27. The molecule has 0 bridgehead atoms. The fraction of sp³-hybridized carbons (Fsp3) is 0.333. The quantitative estimate of drug-likeness (QED) is 0.568. The molecule has 1 fully saturated rings. The first-order valence-corrected chi connectivity index (χ1v) is 8.58. The van der Waals surface area contributed by atoms with Crippen molar-refractivity contribution < 1.29 is 19.2 Å². The number of aldehydes is 1. The molecule has 0 radical (unpaired) electrons. The van der Waals surface area contributed by atoms with Crippen molar-refractivity contribution in [3.05, 3.63) is 36.2 Å². The normalized spacial score (nSPS) is 17.2. The topological polar surface area (TPSA) is 130 Å². The number of hydrogen-bond acceptors (Lipinski definition) is 6. The van der Waals surface area contributed by atoms with Gasteiger partial charge in [0.1, 0.15) is 6.29 Å². The van der Waals surface area contributed by atoms with Crippen LogP contribution in [0.4, 0.5) is 0 Å². The molecular weight excluding hydrogens is 350 g/mol. The van der Waals surface area contributed by atoms with Crippen LogP contribution in [-0.2, 0) is 14.4 Å². The number of carbonyl (C=O) groups is 4. The highest BCUT2D eigenvalue weighted by atomic mass is 16.2. The molecule has 0 aliphatic carbocycles. The van der Waals surface area contributed by atoms with Gasteiger partial charge in [-0.2, -0.15) is 0 Å². The first-order valence-electron chi connectivity index (χ1n) is 8.58. The van der Waals surface area contributed by atoms with Gasteiger partial charge in [-0.1, -0.05) is 0 Å². The molecule has 9 heteroatoms. The van der Waals surface area contributed by atoms with Crippen LogP contribution in [0, 0.1) is 5.92 Å². The number of fused-ring (bicyclic) bond motifs is 1. The Hall–Kier alpha value is -3.36. The standard InChI is InChI=1S/C18H19N5O4/c24-10-13(7-12-3-4-21-17(12)26)23-16(25)9-22-18(27)11-1-2-14-15(8-11)20-6-5-19-14/h1-2,5-6,8,10,12-13H,3-4,7,9H2,(H,21,26)(H,22,27)(H,23,25). The fourth-order valence-electron chi connectivity index (χ4n) is 2.95. The van der Waals surface area contributed by atoms with E-state index >= 15 is 0 Å². The maximum Gasteiger partial charge on any atom is 0.251 e. The van der Waals surface area contributed by atoms with Crippen LogP contribution in [0.5, 0.6) is 0 Å². The lowest BCUT2D eigenvalue weighted by Crippen LogP contribution is -2.43. The van der Waals surface area contributed by atoms with Crippen LogP contribution in [-0.4, -0.2) is 53.1 Å². The summed E-state index contributed by atoms with van der Waals surface area (Å²) < 4.78 is 0.